The summed E-state index contributed by atoms with van der Waals surface area (Å²) in [7, 11) is 2.08. The predicted molar refractivity (Wildman–Crippen MR) is 84.0 cm³/mol. The molecule has 0 bridgehead atoms. The third-order valence-corrected chi connectivity index (χ3v) is 4.30. The first-order chi connectivity index (χ1) is 10.6. The summed E-state index contributed by atoms with van der Waals surface area (Å²) in [6.07, 6.45) is 4.40. The van der Waals surface area contributed by atoms with E-state index in [1.807, 2.05) is 12.1 Å². The van der Waals surface area contributed by atoms with E-state index in [9.17, 15) is 4.79 Å². The lowest BCUT2D eigenvalue weighted by Crippen LogP contribution is -2.23. The first-order valence-electron chi connectivity index (χ1n) is 7.81. The molecule has 5 nitrogen and oxygen atoms in total. The molecule has 0 aromatic carbocycles. The van der Waals surface area contributed by atoms with E-state index in [-0.39, 0.29) is 5.91 Å². The van der Waals surface area contributed by atoms with Crippen molar-refractivity contribution in [1.82, 2.24) is 14.8 Å². The van der Waals surface area contributed by atoms with Crippen LogP contribution in [0.1, 0.15) is 43.0 Å². The smallest absolute Gasteiger partial charge is 0.217 e. The number of carbonyl (C=O) groups is 1. The van der Waals surface area contributed by atoms with Gasteiger partial charge in [-0.15, -0.1) is 0 Å². The Kier molecular flexibility index (Phi) is 4.34. The highest BCUT2D eigenvalue weighted by atomic mass is 16.3. The molecule has 1 saturated heterocycles. The van der Waals surface area contributed by atoms with Gasteiger partial charge in [0.1, 0.15) is 11.5 Å². The Morgan fingerprint density at radius 1 is 1.41 bits per heavy atom. The highest BCUT2D eigenvalue weighted by Crippen LogP contribution is 2.34. The Labute approximate surface area is 130 Å². The van der Waals surface area contributed by atoms with Gasteiger partial charge in [-0.25, -0.2) is 0 Å². The maximum absolute atomic E-state index is 11.0. The third-order valence-electron chi connectivity index (χ3n) is 4.30. The van der Waals surface area contributed by atoms with Crippen molar-refractivity contribution in [3.63, 3.8) is 0 Å². The second-order valence-electron chi connectivity index (χ2n) is 5.95. The van der Waals surface area contributed by atoms with Crippen LogP contribution in [0.4, 0.5) is 0 Å². The SMILES string of the molecule is CC(=O)NCc1ccc(C2CCCN2Cc2cccn2C)o1. The van der Waals surface area contributed by atoms with Gasteiger partial charge < -0.3 is 14.3 Å². The fraction of sp³-hybridized carbons (Fsp3) is 0.471. The van der Waals surface area contributed by atoms with Crippen LogP contribution < -0.4 is 5.32 Å². The Balaban J connectivity index is 1.67. The molecule has 3 heterocycles. The van der Waals surface area contributed by atoms with Crippen LogP contribution in [0.15, 0.2) is 34.9 Å². The van der Waals surface area contributed by atoms with E-state index in [2.05, 4.69) is 40.2 Å². The van der Waals surface area contributed by atoms with Crippen molar-refractivity contribution in [2.75, 3.05) is 6.54 Å². The van der Waals surface area contributed by atoms with Crippen LogP contribution in [-0.4, -0.2) is 21.9 Å². The Hall–Kier alpha value is -2.01. The topological polar surface area (TPSA) is 50.4 Å². The van der Waals surface area contributed by atoms with Crippen molar-refractivity contribution in [3.05, 3.63) is 47.7 Å². The van der Waals surface area contributed by atoms with Crippen molar-refractivity contribution < 1.29 is 9.21 Å². The first-order valence-corrected chi connectivity index (χ1v) is 7.81. The minimum atomic E-state index is -0.0378. The van der Waals surface area contributed by atoms with Crippen LogP contribution in [0.25, 0.3) is 0 Å². The van der Waals surface area contributed by atoms with Crippen molar-refractivity contribution in [1.29, 1.82) is 0 Å². The Morgan fingerprint density at radius 3 is 3.00 bits per heavy atom. The molecule has 2 aromatic heterocycles. The number of likely N-dealkylation sites (tertiary alicyclic amines) is 1. The molecule has 0 aliphatic carbocycles. The second-order valence-corrected chi connectivity index (χ2v) is 5.95. The van der Waals surface area contributed by atoms with E-state index in [1.165, 1.54) is 19.0 Å². The largest absolute Gasteiger partial charge is 0.463 e. The van der Waals surface area contributed by atoms with Gasteiger partial charge >= 0.3 is 0 Å². The first kappa shape index (κ1) is 14.9. The van der Waals surface area contributed by atoms with Crippen molar-refractivity contribution in [2.45, 2.75) is 38.9 Å². The quantitative estimate of drug-likeness (QED) is 0.923. The van der Waals surface area contributed by atoms with Crippen LogP contribution in [-0.2, 0) is 24.9 Å². The third kappa shape index (κ3) is 3.25. The van der Waals surface area contributed by atoms with Gasteiger partial charge in [0, 0.05) is 32.4 Å². The molecule has 22 heavy (non-hydrogen) atoms. The number of aromatic nitrogens is 1. The van der Waals surface area contributed by atoms with Gasteiger partial charge in [0.05, 0.1) is 12.6 Å². The van der Waals surface area contributed by atoms with E-state index in [4.69, 9.17) is 4.42 Å². The van der Waals surface area contributed by atoms with Gasteiger partial charge in [-0.2, -0.15) is 0 Å². The molecule has 0 saturated carbocycles. The lowest BCUT2D eigenvalue weighted by molar-refractivity contribution is -0.119. The van der Waals surface area contributed by atoms with Gasteiger partial charge in [0.15, 0.2) is 0 Å². The summed E-state index contributed by atoms with van der Waals surface area (Å²) in [5.74, 6) is 1.78. The number of hydrogen-bond donors (Lipinski definition) is 1. The number of amides is 1. The van der Waals surface area contributed by atoms with Gasteiger partial charge in [0.25, 0.3) is 0 Å². The number of aryl methyl sites for hydroxylation is 1. The molecule has 5 heteroatoms. The number of rotatable bonds is 5. The molecule has 1 fully saturated rings. The molecule has 1 unspecified atom stereocenters. The van der Waals surface area contributed by atoms with E-state index in [1.54, 1.807) is 0 Å². The van der Waals surface area contributed by atoms with Crippen LogP contribution >= 0.6 is 0 Å². The number of nitrogens with zero attached hydrogens (tertiary/aromatic N) is 2. The lowest BCUT2D eigenvalue weighted by Gasteiger charge is -2.23. The zero-order chi connectivity index (χ0) is 15.5. The molecule has 3 rings (SSSR count). The highest BCUT2D eigenvalue weighted by molar-refractivity contribution is 5.72. The number of carbonyl (C=O) groups excluding carboxylic acids is 1. The Bertz CT molecular complexity index is 644. The number of nitrogens with one attached hydrogen (secondary N) is 1. The maximum atomic E-state index is 11.0. The molecule has 1 N–H and O–H groups in total. The Morgan fingerprint density at radius 2 is 2.27 bits per heavy atom. The molecule has 1 amide bonds. The molecule has 1 aliphatic rings. The van der Waals surface area contributed by atoms with Crippen LogP contribution in [0.3, 0.4) is 0 Å². The van der Waals surface area contributed by atoms with Gasteiger partial charge in [-0.3, -0.25) is 9.69 Å². The zero-order valence-electron chi connectivity index (χ0n) is 13.2. The minimum Gasteiger partial charge on any atom is -0.463 e. The predicted octanol–water partition coefficient (Wildman–Crippen LogP) is 2.59. The van der Waals surface area contributed by atoms with E-state index in [0.29, 0.717) is 12.6 Å². The zero-order valence-corrected chi connectivity index (χ0v) is 13.2. The van der Waals surface area contributed by atoms with Gasteiger partial charge in [0.2, 0.25) is 5.91 Å². The molecule has 0 radical (unpaired) electrons. The standard InChI is InChI=1S/C17H23N3O2/c1-13(21)18-11-15-7-8-17(22-15)16-6-4-10-20(16)12-14-5-3-9-19(14)2/h3,5,7-9,16H,4,6,10-12H2,1-2H3,(H,18,21). The molecule has 2 aromatic rings. The molecule has 1 atom stereocenters. The maximum Gasteiger partial charge on any atom is 0.217 e. The normalized spacial score (nSPS) is 18.7. The van der Waals surface area contributed by atoms with Crippen LogP contribution in [0.2, 0.25) is 0 Å². The van der Waals surface area contributed by atoms with Crippen LogP contribution in [0, 0.1) is 0 Å². The summed E-state index contributed by atoms with van der Waals surface area (Å²) in [6, 6.07) is 8.59. The second kappa shape index (κ2) is 6.40. The number of furan rings is 1. The summed E-state index contributed by atoms with van der Waals surface area (Å²) in [5.41, 5.74) is 1.32. The molecular weight excluding hydrogens is 278 g/mol. The minimum absolute atomic E-state index is 0.0378. The van der Waals surface area contributed by atoms with Gasteiger partial charge in [-0.05, 0) is 43.7 Å². The molecule has 118 valence electrons. The summed E-state index contributed by atoms with van der Waals surface area (Å²) < 4.78 is 8.10. The summed E-state index contributed by atoms with van der Waals surface area (Å²) in [6.45, 7) is 4.01. The molecule has 1 aliphatic heterocycles. The summed E-state index contributed by atoms with van der Waals surface area (Å²) in [4.78, 5) is 13.4. The average molecular weight is 301 g/mol. The van der Waals surface area contributed by atoms with E-state index >= 15 is 0 Å². The van der Waals surface area contributed by atoms with Crippen LogP contribution in [0.5, 0.6) is 0 Å². The van der Waals surface area contributed by atoms with Crippen molar-refractivity contribution in [2.24, 2.45) is 7.05 Å². The van der Waals surface area contributed by atoms with E-state index < -0.39 is 0 Å². The summed E-state index contributed by atoms with van der Waals surface area (Å²) >= 11 is 0. The van der Waals surface area contributed by atoms with E-state index in [0.717, 1.165) is 31.0 Å². The molecule has 0 spiro atoms. The van der Waals surface area contributed by atoms with Gasteiger partial charge in [-0.1, -0.05) is 0 Å². The average Bonchev–Trinajstić information content (AvgIpc) is 3.19. The fourth-order valence-corrected chi connectivity index (χ4v) is 3.09. The fourth-order valence-electron chi connectivity index (χ4n) is 3.09. The summed E-state index contributed by atoms with van der Waals surface area (Å²) in [5, 5.41) is 2.77. The highest BCUT2D eigenvalue weighted by Gasteiger charge is 2.28. The lowest BCUT2D eigenvalue weighted by atomic mass is 10.1. The molecular formula is C17H23N3O2. The monoisotopic (exact) mass is 301 g/mol. The van der Waals surface area contributed by atoms with Crippen molar-refractivity contribution >= 4 is 5.91 Å². The number of hydrogen-bond acceptors (Lipinski definition) is 3. The van der Waals surface area contributed by atoms with Crippen molar-refractivity contribution in [3.8, 4) is 0 Å².